The lowest BCUT2D eigenvalue weighted by molar-refractivity contribution is -0.141. The maximum atomic E-state index is 12.3. The number of carbonyl (C=O) groups excluding carboxylic acids is 1. The molecule has 1 aliphatic rings. The van der Waals surface area contributed by atoms with E-state index in [1.165, 1.54) is 12.0 Å². The zero-order chi connectivity index (χ0) is 14.0. The maximum absolute atomic E-state index is 12.3. The fraction of sp³-hybridized carbons (Fsp3) is 0.583. The third-order valence-corrected chi connectivity index (χ3v) is 3.37. The van der Waals surface area contributed by atoms with Crippen LogP contribution in [0.25, 0.3) is 0 Å². The number of aryl methyl sites for hydroxylation is 1. The Morgan fingerprint density at radius 3 is 2.89 bits per heavy atom. The number of hydrogen-bond acceptors (Lipinski definition) is 4. The first-order valence-electron chi connectivity index (χ1n) is 6.17. The molecule has 0 radical (unpaired) electrons. The molecular formula is C12H17N3O4. The van der Waals surface area contributed by atoms with Gasteiger partial charge in [0.1, 0.15) is 11.7 Å². The van der Waals surface area contributed by atoms with E-state index in [2.05, 4.69) is 10.2 Å². The zero-order valence-electron chi connectivity index (χ0n) is 10.9. The molecule has 0 aromatic carbocycles. The van der Waals surface area contributed by atoms with Crippen LogP contribution in [0.15, 0.2) is 6.07 Å². The predicted molar refractivity (Wildman–Crippen MR) is 65.8 cm³/mol. The molecule has 1 fully saturated rings. The second kappa shape index (κ2) is 5.40. The number of rotatable bonds is 4. The number of ether oxygens (including phenoxy) is 1. The van der Waals surface area contributed by atoms with Gasteiger partial charge >= 0.3 is 5.97 Å². The molecule has 0 aliphatic carbocycles. The van der Waals surface area contributed by atoms with Gasteiger partial charge in [0, 0.05) is 25.8 Å². The van der Waals surface area contributed by atoms with Gasteiger partial charge in [-0.2, -0.15) is 5.10 Å². The summed E-state index contributed by atoms with van der Waals surface area (Å²) in [5.74, 6) is -1.39. The Bertz CT molecular complexity index is 485. The number of aliphatic carboxylic acids is 1. The number of aromatic amines is 1. The van der Waals surface area contributed by atoms with Crippen LogP contribution in [0.4, 0.5) is 0 Å². The molecule has 19 heavy (non-hydrogen) atoms. The van der Waals surface area contributed by atoms with Crippen LogP contribution >= 0.6 is 0 Å². The number of amides is 1. The standard InChI is InChI=1S/C12H17N3O4/c1-3-7-4-9(14-13-7)11(16)15-6-8(19-2)5-10(15)12(17)18/h4,8,10H,3,5-6H2,1-2H3,(H,13,14)(H,17,18). The highest BCUT2D eigenvalue weighted by Gasteiger charge is 2.40. The van der Waals surface area contributed by atoms with E-state index in [0.717, 1.165) is 12.1 Å². The molecule has 1 aliphatic heterocycles. The van der Waals surface area contributed by atoms with Crippen LogP contribution in [0, 0.1) is 0 Å². The van der Waals surface area contributed by atoms with Gasteiger partial charge in [-0.25, -0.2) is 4.79 Å². The number of carboxylic acid groups (broad SMARTS) is 1. The molecule has 0 saturated carbocycles. The highest BCUT2D eigenvalue weighted by Crippen LogP contribution is 2.22. The van der Waals surface area contributed by atoms with Gasteiger partial charge < -0.3 is 14.7 Å². The molecule has 7 heteroatoms. The van der Waals surface area contributed by atoms with E-state index < -0.39 is 12.0 Å². The van der Waals surface area contributed by atoms with Crippen LogP contribution < -0.4 is 0 Å². The molecule has 104 valence electrons. The third-order valence-electron chi connectivity index (χ3n) is 3.37. The van der Waals surface area contributed by atoms with Crippen LogP contribution in [0.3, 0.4) is 0 Å². The molecule has 2 atom stereocenters. The van der Waals surface area contributed by atoms with Crippen molar-refractivity contribution in [2.75, 3.05) is 13.7 Å². The Morgan fingerprint density at radius 2 is 2.37 bits per heavy atom. The van der Waals surface area contributed by atoms with E-state index in [-0.39, 0.29) is 24.2 Å². The Hall–Kier alpha value is -1.89. The van der Waals surface area contributed by atoms with Crippen molar-refractivity contribution in [3.8, 4) is 0 Å². The first-order chi connectivity index (χ1) is 9.06. The molecule has 0 spiro atoms. The maximum Gasteiger partial charge on any atom is 0.326 e. The van der Waals surface area contributed by atoms with Crippen molar-refractivity contribution >= 4 is 11.9 Å². The molecule has 2 N–H and O–H groups in total. The summed E-state index contributed by atoms with van der Waals surface area (Å²) in [7, 11) is 1.52. The highest BCUT2D eigenvalue weighted by atomic mass is 16.5. The fourth-order valence-corrected chi connectivity index (χ4v) is 2.23. The summed E-state index contributed by atoms with van der Waals surface area (Å²) in [5, 5.41) is 15.8. The van der Waals surface area contributed by atoms with Crippen LogP contribution in [0.1, 0.15) is 29.5 Å². The topological polar surface area (TPSA) is 95.5 Å². The molecule has 1 aromatic heterocycles. The summed E-state index contributed by atoms with van der Waals surface area (Å²) >= 11 is 0. The first-order valence-corrected chi connectivity index (χ1v) is 6.17. The number of carbonyl (C=O) groups is 2. The molecule has 7 nitrogen and oxygen atoms in total. The third kappa shape index (κ3) is 2.60. The quantitative estimate of drug-likeness (QED) is 0.817. The Balaban J connectivity index is 2.18. The minimum atomic E-state index is -1.01. The summed E-state index contributed by atoms with van der Waals surface area (Å²) in [6, 6.07) is 0.806. The van der Waals surface area contributed by atoms with Crippen molar-refractivity contribution < 1.29 is 19.4 Å². The zero-order valence-corrected chi connectivity index (χ0v) is 10.9. The lowest BCUT2D eigenvalue weighted by Crippen LogP contribution is -2.40. The molecule has 2 rings (SSSR count). The van der Waals surface area contributed by atoms with Gasteiger partial charge in [-0.15, -0.1) is 0 Å². The average Bonchev–Trinajstić information content (AvgIpc) is 3.04. The van der Waals surface area contributed by atoms with Crippen LogP contribution in [0.2, 0.25) is 0 Å². The minimum absolute atomic E-state index is 0.241. The lowest BCUT2D eigenvalue weighted by Gasteiger charge is -2.19. The summed E-state index contributed by atoms with van der Waals surface area (Å²) in [6.45, 7) is 2.22. The molecule has 1 saturated heterocycles. The predicted octanol–water partition coefficient (Wildman–Crippen LogP) is 0.286. The molecule has 2 heterocycles. The lowest BCUT2D eigenvalue weighted by atomic mass is 10.2. The Morgan fingerprint density at radius 1 is 1.63 bits per heavy atom. The van der Waals surface area contributed by atoms with E-state index in [1.54, 1.807) is 6.07 Å². The van der Waals surface area contributed by atoms with Gasteiger partial charge in [0.05, 0.1) is 6.10 Å². The number of nitrogens with one attached hydrogen (secondary N) is 1. The number of aromatic nitrogens is 2. The van der Waals surface area contributed by atoms with E-state index in [9.17, 15) is 9.59 Å². The van der Waals surface area contributed by atoms with Crippen LogP contribution in [-0.4, -0.2) is 57.9 Å². The first kappa shape index (κ1) is 13.5. The van der Waals surface area contributed by atoms with Crippen LogP contribution in [-0.2, 0) is 16.0 Å². The summed E-state index contributed by atoms with van der Waals surface area (Å²) in [4.78, 5) is 24.8. The van der Waals surface area contributed by atoms with Crippen molar-refractivity contribution in [3.63, 3.8) is 0 Å². The molecule has 1 amide bonds. The summed E-state index contributed by atoms with van der Waals surface area (Å²) < 4.78 is 5.15. The minimum Gasteiger partial charge on any atom is -0.480 e. The number of H-pyrrole nitrogens is 1. The fourth-order valence-electron chi connectivity index (χ4n) is 2.23. The summed E-state index contributed by atoms with van der Waals surface area (Å²) in [5.41, 5.74) is 1.09. The second-order valence-electron chi connectivity index (χ2n) is 4.54. The monoisotopic (exact) mass is 267 g/mol. The molecular weight excluding hydrogens is 250 g/mol. The van der Waals surface area contributed by atoms with E-state index >= 15 is 0 Å². The molecule has 0 bridgehead atoms. The molecule has 2 unspecified atom stereocenters. The van der Waals surface area contributed by atoms with Gasteiger partial charge in [-0.05, 0) is 12.5 Å². The highest BCUT2D eigenvalue weighted by molar-refractivity contribution is 5.95. The van der Waals surface area contributed by atoms with Crippen molar-refractivity contribution in [2.45, 2.75) is 31.9 Å². The normalized spacial score (nSPS) is 22.7. The Kier molecular flexibility index (Phi) is 3.84. The Labute approximate surface area is 110 Å². The van der Waals surface area contributed by atoms with E-state index in [0.29, 0.717) is 6.42 Å². The average molecular weight is 267 g/mol. The number of carboxylic acids is 1. The smallest absolute Gasteiger partial charge is 0.326 e. The van der Waals surface area contributed by atoms with E-state index in [1.807, 2.05) is 6.92 Å². The number of methoxy groups -OCH3 is 1. The van der Waals surface area contributed by atoms with Crippen molar-refractivity contribution in [3.05, 3.63) is 17.5 Å². The van der Waals surface area contributed by atoms with Crippen molar-refractivity contribution in [1.82, 2.24) is 15.1 Å². The molecule has 1 aromatic rings. The summed E-state index contributed by atoms with van der Waals surface area (Å²) in [6.07, 6.45) is 0.807. The SMILES string of the molecule is CCc1cc(C(=O)N2CC(OC)CC2C(=O)O)n[nH]1. The van der Waals surface area contributed by atoms with Gasteiger partial charge in [0.2, 0.25) is 0 Å². The van der Waals surface area contributed by atoms with Gasteiger partial charge in [0.25, 0.3) is 5.91 Å². The second-order valence-corrected chi connectivity index (χ2v) is 4.54. The van der Waals surface area contributed by atoms with Gasteiger partial charge in [0.15, 0.2) is 0 Å². The van der Waals surface area contributed by atoms with Gasteiger partial charge in [-0.3, -0.25) is 9.89 Å². The number of likely N-dealkylation sites (tertiary alicyclic amines) is 1. The van der Waals surface area contributed by atoms with Crippen molar-refractivity contribution in [1.29, 1.82) is 0 Å². The number of nitrogens with zero attached hydrogens (tertiary/aromatic N) is 2. The van der Waals surface area contributed by atoms with Crippen molar-refractivity contribution in [2.24, 2.45) is 0 Å². The number of hydrogen-bond donors (Lipinski definition) is 2. The largest absolute Gasteiger partial charge is 0.480 e. The van der Waals surface area contributed by atoms with Crippen LogP contribution in [0.5, 0.6) is 0 Å². The van der Waals surface area contributed by atoms with E-state index in [4.69, 9.17) is 9.84 Å². The van der Waals surface area contributed by atoms with Gasteiger partial charge in [-0.1, -0.05) is 6.92 Å².